The summed E-state index contributed by atoms with van der Waals surface area (Å²) in [6.07, 6.45) is 0. The highest BCUT2D eigenvalue weighted by Gasteiger charge is 2.13. The average Bonchev–Trinajstić information content (AvgIpc) is 3.07. The zero-order valence-corrected chi connectivity index (χ0v) is 18.2. The predicted molar refractivity (Wildman–Crippen MR) is 120 cm³/mol. The third-order valence-corrected chi connectivity index (χ3v) is 5.01. The lowest BCUT2D eigenvalue weighted by Crippen LogP contribution is -2.36. The third kappa shape index (κ3) is 4.74. The Hall–Kier alpha value is -3.48. The molecule has 0 aliphatic rings. The highest BCUT2D eigenvalue weighted by atomic mass is 16.5. The number of para-hydroxylation sites is 1. The molecule has 1 heterocycles. The molecule has 158 valence electrons. The Labute approximate surface area is 177 Å². The summed E-state index contributed by atoms with van der Waals surface area (Å²) in [6.45, 7) is 5.37. The Bertz CT molecular complexity index is 1010. The molecule has 30 heavy (non-hydrogen) atoms. The SMILES string of the molecule is CN=C(NCc1ccc(OC)c(OC)c1)NCc1c(C)nn(-c2ccccc2)c1C. The molecule has 0 atom stereocenters. The molecule has 0 aliphatic carbocycles. The number of methoxy groups -OCH3 is 2. The van der Waals surface area contributed by atoms with Gasteiger partial charge in [-0.2, -0.15) is 5.10 Å². The Morgan fingerprint density at radius 3 is 2.33 bits per heavy atom. The molecule has 0 amide bonds. The van der Waals surface area contributed by atoms with E-state index in [9.17, 15) is 0 Å². The summed E-state index contributed by atoms with van der Waals surface area (Å²) < 4.78 is 12.6. The van der Waals surface area contributed by atoms with Crippen molar-refractivity contribution < 1.29 is 9.47 Å². The first kappa shape index (κ1) is 21.2. The van der Waals surface area contributed by atoms with E-state index in [1.165, 1.54) is 0 Å². The van der Waals surface area contributed by atoms with Gasteiger partial charge in [0, 0.05) is 31.4 Å². The van der Waals surface area contributed by atoms with Crippen molar-refractivity contribution in [2.45, 2.75) is 26.9 Å². The molecule has 7 nitrogen and oxygen atoms in total. The predicted octanol–water partition coefficient (Wildman–Crippen LogP) is 3.37. The van der Waals surface area contributed by atoms with Crippen molar-refractivity contribution in [3.8, 4) is 17.2 Å². The van der Waals surface area contributed by atoms with Crippen LogP contribution in [0.15, 0.2) is 53.5 Å². The van der Waals surface area contributed by atoms with E-state index >= 15 is 0 Å². The number of hydrogen-bond donors (Lipinski definition) is 2. The fourth-order valence-corrected chi connectivity index (χ4v) is 3.32. The van der Waals surface area contributed by atoms with Crippen molar-refractivity contribution in [3.05, 3.63) is 71.0 Å². The van der Waals surface area contributed by atoms with Gasteiger partial charge in [-0.3, -0.25) is 4.99 Å². The number of aromatic nitrogens is 2. The maximum Gasteiger partial charge on any atom is 0.191 e. The van der Waals surface area contributed by atoms with Crippen LogP contribution in [-0.2, 0) is 13.1 Å². The molecule has 2 aromatic carbocycles. The first-order valence-corrected chi connectivity index (χ1v) is 9.83. The second-order valence-corrected chi connectivity index (χ2v) is 6.87. The zero-order chi connectivity index (χ0) is 21.5. The topological polar surface area (TPSA) is 72.7 Å². The molecule has 2 N–H and O–H groups in total. The summed E-state index contributed by atoms with van der Waals surface area (Å²) in [7, 11) is 5.03. The molecule has 0 radical (unpaired) electrons. The van der Waals surface area contributed by atoms with Crippen LogP contribution in [0, 0.1) is 13.8 Å². The fourth-order valence-electron chi connectivity index (χ4n) is 3.32. The number of aryl methyl sites for hydroxylation is 1. The van der Waals surface area contributed by atoms with Gasteiger partial charge in [0.1, 0.15) is 0 Å². The molecule has 0 saturated carbocycles. The molecular formula is C23H29N5O2. The molecule has 0 bridgehead atoms. The molecule has 1 aromatic heterocycles. The Balaban J connectivity index is 1.65. The molecule has 3 aromatic rings. The highest BCUT2D eigenvalue weighted by molar-refractivity contribution is 5.79. The molecule has 7 heteroatoms. The van der Waals surface area contributed by atoms with Gasteiger partial charge in [-0.05, 0) is 43.7 Å². The second kappa shape index (κ2) is 9.82. The van der Waals surface area contributed by atoms with Crippen LogP contribution in [0.1, 0.15) is 22.5 Å². The molecule has 0 fully saturated rings. The van der Waals surface area contributed by atoms with E-state index in [-0.39, 0.29) is 0 Å². The van der Waals surface area contributed by atoms with E-state index in [1.807, 2.05) is 48.0 Å². The molecule has 0 unspecified atom stereocenters. The van der Waals surface area contributed by atoms with Gasteiger partial charge in [0.05, 0.1) is 25.6 Å². The number of guanidine groups is 1. The molecular weight excluding hydrogens is 378 g/mol. The summed E-state index contributed by atoms with van der Waals surface area (Å²) in [4.78, 5) is 4.33. The lowest BCUT2D eigenvalue weighted by atomic mass is 10.2. The van der Waals surface area contributed by atoms with Gasteiger partial charge in [0.2, 0.25) is 0 Å². The minimum atomic E-state index is 0.612. The number of ether oxygens (including phenoxy) is 2. The van der Waals surface area contributed by atoms with Gasteiger partial charge in [0.25, 0.3) is 0 Å². The number of benzene rings is 2. The lowest BCUT2D eigenvalue weighted by molar-refractivity contribution is 0.354. The van der Waals surface area contributed by atoms with Crippen molar-refractivity contribution in [2.24, 2.45) is 4.99 Å². The van der Waals surface area contributed by atoms with E-state index in [2.05, 4.69) is 34.7 Å². The maximum atomic E-state index is 5.37. The second-order valence-electron chi connectivity index (χ2n) is 6.87. The standard InChI is InChI=1S/C23H29N5O2/c1-16-20(17(2)28(27-16)19-9-7-6-8-10-19)15-26-23(24-3)25-14-18-11-12-21(29-4)22(13-18)30-5/h6-13H,14-15H2,1-5H3,(H2,24,25,26). The van der Waals surface area contributed by atoms with Crippen LogP contribution in [0.5, 0.6) is 11.5 Å². The normalized spacial score (nSPS) is 11.3. The molecule has 3 rings (SSSR count). The van der Waals surface area contributed by atoms with Gasteiger partial charge in [-0.1, -0.05) is 24.3 Å². The van der Waals surface area contributed by atoms with Gasteiger partial charge in [-0.25, -0.2) is 4.68 Å². The van der Waals surface area contributed by atoms with Gasteiger partial charge in [-0.15, -0.1) is 0 Å². The number of nitrogens with zero attached hydrogens (tertiary/aromatic N) is 3. The molecule has 0 saturated heterocycles. The molecule has 0 aliphatic heterocycles. The average molecular weight is 408 g/mol. The van der Waals surface area contributed by atoms with E-state index in [0.29, 0.717) is 24.6 Å². The van der Waals surface area contributed by atoms with E-state index in [0.717, 1.165) is 34.2 Å². The smallest absolute Gasteiger partial charge is 0.191 e. The largest absolute Gasteiger partial charge is 0.493 e. The van der Waals surface area contributed by atoms with Crippen LogP contribution < -0.4 is 20.1 Å². The minimum absolute atomic E-state index is 0.612. The number of aliphatic imine (C=N–C) groups is 1. The summed E-state index contributed by atoms with van der Waals surface area (Å²) in [5.41, 5.74) is 5.40. The van der Waals surface area contributed by atoms with Gasteiger partial charge >= 0.3 is 0 Å². The van der Waals surface area contributed by atoms with Gasteiger partial charge in [0.15, 0.2) is 17.5 Å². The highest BCUT2D eigenvalue weighted by Crippen LogP contribution is 2.27. The van der Waals surface area contributed by atoms with Crippen LogP contribution in [-0.4, -0.2) is 37.0 Å². The van der Waals surface area contributed by atoms with Crippen LogP contribution in [0.2, 0.25) is 0 Å². The summed E-state index contributed by atoms with van der Waals surface area (Å²) in [6, 6.07) is 16.0. The van der Waals surface area contributed by atoms with Gasteiger partial charge < -0.3 is 20.1 Å². The monoisotopic (exact) mass is 407 g/mol. The van der Waals surface area contributed by atoms with Crippen molar-refractivity contribution >= 4 is 5.96 Å². The van der Waals surface area contributed by atoms with E-state index in [4.69, 9.17) is 14.6 Å². The van der Waals surface area contributed by atoms with Crippen molar-refractivity contribution in [1.82, 2.24) is 20.4 Å². The quantitative estimate of drug-likeness (QED) is 0.464. The third-order valence-electron chi connectivity index (χ3n) is 5.01. The van der Waals surface area contributed by atoms with E-state index < -0.39 is 0 Å². The first-order chi connectivity index (χ1) is 14.6. The van der Waals surface area contributed by atoms with Crippen LogP contribution >= 0.6 is 0 Å². The van der Waals surface area contributed by atoms with Crippen molar-refractivity contribution in [2.75, 3.05) is 21.3 Å². The lowest BCUT2D eigenvalue weighted by Gasteiger charge is -2.14. The van der Waals surface area contributed by atoms with Crippen LogP contribution in [0.3, 0.4) is 0 Å². The molecule has 0 spiro atoms. The summed E-state index contributed by atoms with van der Waals surface area (Å²) >= 11 is 0. The number of hydrogen-bond acceptors (Lipinski definition) is 4. The Kier molecular flexibility index (Phi) is 6.95. The zero-order valence-electron chi connectivity index (χ0n) is 18.2. The number of nitrogens with one attached hydrogen (secondary N) is 2. The fraction of sp³-hybridized carbons (Fsp3) is 0.304. The number of rotatable bonds is 7. The summed E-state index contributed by atoms with van der Waals surface area (Å²) in [5.74, 6) is 2.14. The first-order valence-electron chi connectivity index (χ1n) is 9.83. The minimum Gasteiger partial charge on any atom is -0.493 e. The van der Waals surface area contributed by atoms with Crippen LogP contribution in [0.25, 0.3) is 5.69 Å². The van der Waals surface area contributed by atoms with Crippen molar-refractivity contribution in [1.29, 1.82) is 0 Å². The summed E-state index contributed by atoms with van der Waals surface area (Å²) in [5, 5.41) is 11.4. The van der Waals surface area contributed by atoms with Crippen LogP contribution in [0.4, 0.5) is 0 Å². The maximum absolute atomic E-state index is 5.37. The Morgan fingerprint density at radius 1 is 0.967 bits per heavy atom. The van der Waals surface area contributed by atoms with E-state index in [1.54, 1.807) is 21.3 Å². The van der Waals surface area contributed by atoms with Crippen molar-refractivity contribution in [3.63, 3.8) is 0 Å². The Morgan fingerprint density at radius 2 is 1.67 bits per heavy atom.